The maximum Gasteiger partial charge on any atom is 0.162 e. The molecule has 2 aromatic rings. The monoisotopic (exact) mass is 264 g/mol. The summed E-state index contributed by atoms with van der Waals surface area (Å²) >= 11 is 3.41. The summed E-state index contributed by atoms with van der Waals surface area (Å²) in [5.41, 5.74) is 0.882. The minimum atomic E-state index is 0.663. The molecule has 0 spiro atoms. The van der Waals surface area contributed by atoms with Gasteiger partial charge in [-0.3, -0.25) is 0 Å². The van der Waals surface area contributed by atoms with Crippen LogP contribution in [0, 0.1) is 0 Å². The van der Waals surface area contributed by atoms with Crippen LogP contribution >= 0.6 is 15.9 Å². The molecule has 0 N–H and O–H groups in total. The molecule has 0 radical (unpaired) electrons. The molecule has 3 nitrogen and oxygen atoms in total. The second kappa shape index (κ2) is 4.40. The van der Waals surface area contributed by atoms with Gasteiger partial charge in [-0.1, -0.05) is 15.9 Å². The van der Waals surface area contributed by atoms with Gasteiger partial charge in [-0.05, 0) is 24.3 Å². The molecule has 0 bridgehead atoms. The van der Waals surface area contributed by atoms with E-state index in [1.807, 2.05) is 18.2 Å². The lowest BCUT2D eigenvalue weighted by atomic mass is 10.2. The topological polar surface area (TPSA) is 35.0 Å². The Morgan fingerprint density at radius 2 is 1.93 bits per heavy atom. The quantitative estimate of drug-likeness (QED) is 0.837. The molecule has 0 atom stereocenters. The van der Waals surface area contributed by atoms with Gasteiger partial charge >= 0.3 is 0 Å². The Balaban J connectivity index is 2.56. The second-order valence-corrected chi connectivity index (χ2v) is 3.83. The van der Waals surface area contributed by atoms with Crippen LogP contribution in [0.2, 0.25) is 0 Å². The zero-order valence-electron chi connectivity index (χ0n) is 8.14. The van der Waals surface area contributed by atoms with Crippen molar-refractivity contribution in [3.8, 4) is 17.1 Å². The Bertz CT molecular complexity index is 459. The van der Waals surface area contributed by atoms with Crippen molar-refractivity contribution in [2.75, 3.05) is 7.11 Å². The van der Waals surface area contributed by atoms with Crippen molar-refractivity contribution in [2.24, 2.45) is 0 Å². The lowest BCUT2D eigenvalue weighted by Gasteiger charge is -2.06. The first-order chi connectivity index (χ1) is 7.31. The summed E-state index contributed by atoms with van der Waals surface area (Å²) < 4.78 is 6.23. The molecule has 1 aromatic heterocycles. The Morgan fingerprint density at radius 3 is 2.60 bits per heavy atom. The number of nitrogens with zero attached hydrogens (tertiary/aromatic N) is 2. The fraction of sp³-hybridized carbons (Fsp3) is 0.0909. The SMILES string of the molecule is COc1ccc(Br)cc1-c1ncccn1. The molecule has 0 unspecified atom stereocenters. The van der Waals surface area contributed by atoms with Crippen LogP contribution in [0.4, 0.5) is 0 Å². The highest BCUT2D eigenvalue weighted by molar-refractivity contribution is 9.10. The molecule has 1 aromatic carbocycles. The molecule has 0 fully saturated rings. The van der Waals surface area contributed by atoms with Crippen LogP contribution in [0.5, 0.6) is 5.75 Å². The number of aromatic nitrogens is 2. The van der Waals surface area contributed by atoms with Crippen molar-refractivity contribution in [3.05, 3.63) is 41.1 Å². The summed E-state index contributed by atoms with van der Waals surface area (Å²) in [7, 11) is 1.63. The molecular formula is C11H9BrN2O. The van der Waals surface area contributed by atoms with E-state index in [-0.39, 0.29) is 0 Å². The van der Waals surface area contributed by atoms with E-state index in [4.69, 9.17) is 4.74 Å². The van der Waals surface area contributed by atoms with E-state index in [0.717, 1.165) is 15.8 Å². The third kappa shape index (κ3) is 2.15. The Kier molecular flexibility index (Phi) is 2.97. The molecule has 76 valence electrons. The normalized spacial score (nSPS) is 10.0. The number of ether oxygens (including phenoxy) is 1. The van der Waals surface area contributed by atoms with Gasteiger partial charge in [0.15, 0.2) is 5.82 Å². The predicted octanol–water partition coefficient (Wildman–Crippen LogP) is 2.91. The van der Waals surface area contributed by atoms with Crippen LogP contribution in [0.15, 0.2) is 41.1 Å². The largest absolute Gasteiger partial charge is 0.496 e. The van der Waals surface area contributed by atoms with Gasteiger partial charge < -0.3 is 4.74 Å². The van der Waals surface area contributed by atoms with Gasteiger partial charge in [0.1, 0.15) is 5.75 Å². The maximum atomic E-state index is 5.25. The van der Waals surface area contributed by atoms with Crippen LogP contribution < -0.4 is 4.74 Å². The Labute approximate surface area is 96.3 Å². The van der Waals surface area contributed by atoms with E-state index < -0.39 is 0 Å². The van der Waals surface area contributed by atoms with Gasteiger partial charge in [0.25, 0.3) is 0 Å². The van der Waals surface area contributed by atoms with Gasteiger partial charge in [-0.25, -0.2) is 9.97 Å². The number of benzene rings is 1. The number of methoxy groups -OCH3 is 1. The standard InChI is InChI=1S/C11H9BrN2O/c1-15-10-4-3-8(12)7-9(10)11-13-5-2-6-14-11/h2-7H,1H3. The number of hydrogen-bond acceptors (Lipinski definition) is 3. The highest BCUT2D eigenvalue weighted by atomic mass is 79.9. The highest BCUT2D eigenvalue weighted by Gasteiger charge is 2.07. The molecular weight excluding hydrogens is 256 g/mol. The molecule has 0 aliphatic rings. The smallest absolute Gasteiger partial charge is 0.162 e. The summed E-state index contributed by atoms with van der Waals surface area (Å²) in [4.78, 5) is 8.37. The van der Waals surface area contributed by atoms with Gasteiger partial charge in [-0.2, -0.15) is 0 Å². The molecule has 2 rings (SSSR count). The van der Waals surface area contributed by atoms with E-state index in [1.165, 1.54) is 0 Å². The summed E-state index contributed by atoms with van der Waals surface area (Å²) in [5, 5.41) is 0. The fourth-order valence-electron chi connectivity index (χ4n) is 1.29. The van der Waals surface area contributed by atoms with Crippen molar-refractivity contribution in [1.29, 1.82) is 0 Å². The summed E-state index contributed by atoms with van der Waals surface area (Å²) in [6, 6.07) is 7.53. The highest BCUT2D eigenvalue weighted by Crippen LogP contribution is 2.29. The molecule has 0 amide bonds. The zero-order chi connectivity index (χ0) is 10.7. The van der Waals surface area contributed by atoms with Gasteiger partial charge in [0, 0.05) is 16.9 Å². The van der Waals surface area contributed by atoms with Gasteiger partial charge in [-0.15, -0.1) is 0 Å². The molecule has 0 aliphatic heterocycles. The van der Waals surface area contributed by atoms with Crippen LogP contribution in [0.25, 0.3) is 11.4 Å². The van der Waals surface area contributed by atoms with Crippen molar-refractivity contribution in [2.45, 2.75) is 0 Å². The van der Waals surface area contributed by atoms with Crippen molar-refractivity contribution < 1.29 is 4.74 Å². The molecule has 0 saturated carbocycles. The minimum Gasteiger partial charge on any atom is -0.496 e. The number of hydrogen-bond donors (Lipinski definition) is 0. The molecule has 15 heavy (non-hydrogen) atoms. The van der Waals surface area contributed by atoms with Crippen LogP contribution in [0.3, 0.4) is 0 Å². The van der Waals surface area contributed by atoms with Crippen LogP contribution in [-0.2, 0) is 0 Å². The first kappa shape index (κ1) is 10.1. The lowest BCUT2D eigenvalue weighted by Crippen LogP contribution is -1.92. The maximum absolute atomic E-state index is 5.25. The van der Waals surface area contributed by atoms with Crippen molar-refractivity contribution in [3.63, 3.8) is 0 Å². The molecule has 0 aliphatic carbocycles. The second-order valence-electron chi connectivity index (χ2n) is 2.92. The third-order valence-electron chi connectivity index (χ3n) is 1.97. The predicted molar refractivity (Wildman–Crippen MR) is 61.7 cm³/mol. The lowest BCUT2D eigenvalue weighted by molar-refractivity contribution is 0.416. The fourth-order valence-corrected chi connectivity index (χ4v) is 1.65. The Hall–Kier alpha value is -1.42. The minimum absolute atomic E-state index is 0.663. The van der Waals surface area contributed by atoms with E-state index >= 15 is 0 Å². The molecule has 4 heteroatoms. The molecule has 1 heterocycles. The number of halogens is 1. The molecule has 0 saturated heterocycles. The van der Waals surface area contributed by atoms with Gasteiger partial charge in [0.05, 0.1) is 12.7 Å². The average molecular weight is 265 g/mol. The van der Waals surface area contributed by atoms with E-state index in [9.17, 15) is 0 Å². The van der Waals surface area contributed by atoms with E-state index in [2.05, 4.69) is 25.9 Å². The average Bonchev–Trinajstić information content (AvgIpc) is 2.30. The summed E-state index contributed by atoms with van der Waals surface area (Å²) in [6.07, 6.45) is 3.42. The van der Waals surface area contributed by atoms with Crippen LogP contribution in [-0.4, -0.2) is 17.1 Å². The van der Waals surface area contributed by atoms with Crippen molar-refractivity contribution >= 4 is 15.9 Å². The first-order valence-electron chi connectivity index (χ1n) is 4.42. The Morgan fingerprint density at radius 1 is 1.20 bits per heavy atom. The number of rotatable bonds is 2. The first-order valence-corrected chi connectivity index (χ1v) is 5.21. The zero-order valence-corrected chi connectivity index (χ0v) is 9.73. The van der Waals surface area contributed by atoms with Crippen molar-refractivity contribution in [1.82, 2.24) is 9.97 Å². The van der Waals surface area contributed by atoms with E-state index in [1.54, 1.807) is 25.6 Å². The van der Waals surface area contributed by atoms with Crippen LogP contribution in [0.1, 0.15) is 0 Å². The van der Waals surface area contributed by atoms with E-state index in [0.29, 0.717) is 5.82 Å². The third-order valence-corrected chi connectivity index (χ3v) is 2.46. The summed E-state index contributed by atoms with van der Waals surface area (Å²) in [5.74, 6) is 1.43. The van der Waals surface area contributed by atoms with Gasteiger partial charge in [0.2, 0.25) is 0 Å². The summed E-state index contributed by atoms with van der Waals surface area (Å²) in [6.45, 7) is 0.